The maximum atomic E-state index is 4.96. The molecule has 4 aromatic rings. The third-order valence-corrected chi connectivity index (χ3v) is 5.13. The molecular formula is C20H22N6. The first kappa shape index (κ1) is 15.4. The molecule has 1 N–H and O–H groups in total. The van der Waals surface area contributed by atoms with Gasteiger partial charge in [0.05, 0.1) is 22.1 Å². The molecule has 1 saturated heterocycles. The first-order valence-electron chi connectivity index (χ1n) is 9.16. The molecule has 0 saturated carbocycles. The zero-order valence-corrected chi connectivity index (χ0v) is 14.9. The van der Waals surface area contributed by atoms with Crippen LogP contribution in [0.3, 0.4) is 0 Å². The predicted molar refractivity (Wildman–Crippen MR) is 105 cm³/mol. The highest BCUT2D eigenvalue weighted by atomic mass is 15.4. The second-order valence-electron chi connectivity index (χ2n) is 6.96. The topological polar surface area (TPSA) is 53.0 Å². The number of fused-ring (bicyclic) bond motifs is 2. The summed E-state index contributed by atoms with van der Waals surface area (Å²) in [5, 5.41) is 0. The highest BCUT2D eigenvalue weighted by Gasteiger charge is 2.22. The molecule has 0 spiro atoms. The normalized spacial score (nSPS) is 16.4. The summed E-state index contributed by atoms with van der Waals surface area (Å²) in [6, 6.07) is 16.4. The first-order valence-corrected chi connectivity index (χ1v) is 9.16. The minimum Gasteiger partial charge on any atom is -0.341 e. The Balaban J connectivity index is 1.69. The van der Waals surface area contributed by atoms with Crippen LogP contribution in [0.2, 0.25) is 0 Å². The van der Waals surface area contributed by atoms with E-state index in [0.717, 1.165) is 66.6 Å². The number of aromatic nitrogens is 4. The molecule has 6 heteroatoms. The number of para-hydroxylation sites is 4. The predicted octanol–water partition coefficient (Wildman–Crippen LogP) is 3.04. The summed E-state index contributed by atoms with van der Waals surface area (Å²) in [6.07, 6.45) is 1.14. The smallest absolute Gasteiger partial charge is 0.215 e. The van der Waals surface area contributed by atoms with Gasteiger partial charge >= 0.3 is 0 Å². The molecular weight excluding hydrogens is 324 g/mol. The lowest BCUT2D eigenvalue weighted by atomic mass is 10.3. The SMILES string of the molecule is CN1CCCN(c2nc3ccccc3n2-c2nc3ccccc3[nH]2)CC1. The number of likely N-dealkylation sites (N-methyl/N-ethyl adjacent to an activating group) is 1. The van der Waals surface area contributed by atoms with Gasteiger partial charge in [0.1, 0.15) is 0 Å². The Bertz CT molecular complexity index is 1030. The van der Waals surface area contributed by atoms with E-state index in [0.29, 0.717) is 0 Å². The Kier molecular flexibility index (Phi) is 3.64. The molecule has 0 radical (unpaired) electrons. The van der Waals surface area contributed by atoms with Gasteiger partial charge < -0.3 is 14.8 Å². The highest BCUT2D eigenvalue weighted by molar-refractivity contribution is 5.82. The lowest BCUT2D eigenvalue weighted by Crippen LogP contribution is -2.30. The van der Waals surface area contributed by atoms with E-state index in [2.05, 4.69) is 50.7 Å². The van der Waals surface area contributed by atoms with Crippen molar-refractivity contribution in [3.05, 3.63) is 48.5 Å². The number of H-pyrrole nitrogens is 1. The summed E-state index contributed by atoms with van der Waals surface area (Å²) >= 11 is 0. The number of anilines is 1. The zero-order valence-electron chi connectivity index (χ0n) is 14.9. The van der Waals surface area contributed by atoms with Gasteiger partial charge in [-0.3, -0.25) is 0 Å². The van der Waals surface area contributed by atoms with Crippen molar-refractivity contribution in [2.75, 3.05) is 38.1 Å². The number of hydrogen-bond acceptors (Lipinski definition) is 4. The van der Waals surface area contributed by atoms with Crippen LogP contribution in [-0.2, 0) is 0 Å². The molecule has 5 rings (SSSR count). The van der Waals surface area contributed by atoms with Gasteiger partial charge in [0.25, 0.3) is 0 Å². The standard InChI is InChI=1S/C20H22N6/c1-24-11-6-12-25(14-13-24)20-23-17-9-4-5-10-18(17)26(20)19-21-15-7-2-3-8-16(15)22-19/h2-5,7-10H,6,11-14H2,1H3,(H,21,22). The number of hydrogen-bond donors (Lipinski definition) is 1. The van der Waals surface area contributed by atoms with Crippen molar-refractivity contribution < 1.29 is 0 Å². The quantitative estimate of drug-likeness (QED) is 0.606. The van der Waals surface area contributed by atoms with Gasteiger partial charge in [0.15, 0.2) is 0 Å². The molecule has 0 bridgehead atoms. The summed E-state index contributed by atoms with van der Waals surface area (Å²) in [4.78, 5) is 18.0. The van der Waals surface area contributed by atoms with E-state index in [-0.39, 0.29) is 0 Å². The van der Waals surface area contributed by atoms with Crippen LogP contribution in [0.25, 0.3) is 28.0 Å². The molecule has 6 nitrogen and oxygen atoms in total. The fourth-order valence-corrected chi connectivity index (χ4v) is 3.73. The Morgan fingerprint density at radius 2 is 1.65 bits per heavy atom. The van der Waals surface area contributed by atoms with Gasteiger partial charge in [-0.15, -0.1) is 0 Å². The second-order valence-corrected chi connectivity index (χ2v) is 6.96. The monoisotopic (exact) mass is 346 g/mol. The number of nitrogens with one attached hydrogen (secondary N) is 1. The molecule has 26 heavy (non-hydrogen) atoms. The van der Waals surface area contributed by atoms with Crippen molar-refractivity contribution in [1.82, 2.24) is 24.4 Å². The van der Waals surface area contributed by atoms with Gasteiger partial charge in [-0.05, 0) is 44.3 Å². The van der Waals surface area contributed by atoms with Crippen LogP contribution in [0.1, 0.15) is 6.42 Å². The minimum absolute atomic E-state index is 0.826. The van der Waals surface area contributed by atoms with Gasteiger partial charge in [0, 0.05) is 19.6 Å². The molecule has 1 aliphatic rings. The van der Waals surface area contributed by atoms with Crippen LogP contribution >= 0.6 is 0 Å². The molecule has 1 aliphatic heterocycles. The Morgan fingerprint density at radius 1 is 0.846 bits per heavy atom. The number of aromatic amines is 1. The molecule has 0 aliphatic carbocycles. The third-order valence-electron chi connectivity index (χ3n) is 5.13. The lowest BCUT2D eigenvalue weighted by Gasteiger charge is -2.22. The average Bonchev–Trinajstić information content (AvgIpc) is 3.18. The molecule has 132 valence electrons. The van der Waals surface area contributed by atoms with Gasteiger partial charge in [-0.2, -0.15) is 0 Å². The van der Waals surface area contributed by atoms with Gasteiger partial charge in [0.2, 0.25) is 11.9 Å². The fraction of sp³-hybridized carbons (Fsp3) is 0.300. The maximum absolute atomic E-state index is 4.96. The van der Waals surface area contributed by atoms with Gasteiger partial charge in [-0.1, -0.05) is 24.3 Å². The zero-order chi connectivity index (χ0) is 17.5. The van der Waals surface area contributed by atoms with E-state index < -0.39 is 0 Å². The summed E-state index contributed by atoms with van der Waals surface area (Å²) in [5.74, 6) is 1.80. The molecule has 3 heterocycles. The molecule has 2 aromatic carbocycles. The Hall–Kier alpha value is -2.86. The van der Waals surface area contributed by atoms with Crippen LogP contribution in [0, 0.1) is 0 Å². The van der Waals surface area contributed by atoms with Crippen LogP contribution in [0.4, 0.5) is 5.95 Å². The number of nitrogens with zero attached hydrogens (tertiary/aromatic N) is 5. The summed E-state index contributed by atoms with van der Waals surface area (Å²) < 4.78 is 2.17. The molecule has 0 amide bonds. The Labute approximate surface area is 152 Å². The van der Waals surface area contributed by atoms with Crippen molar-refractivity contribution in [2.24, 2.45) is 0 Å². The molecule has 2 aromatic heterocycles. The van der Waals surface area contributed by atoms with Crippen molar-refractivity contribution in [2.45, 2.75) is 6.42 Å². The van der Waals surface area contributed by atoms with Crippen molar-refractivity contribution in [3.63, 3.8) is 0 Å². The van der Waals surface area contributed by atoms with E-state index in [1.165, 1.54) is 0 Å². The molecule has 0 atom stereocenters. The minimum atomic E-state index is 0.826. The number of imidazole rings is 2. The van der Waals surface area contributed by atoms with Crippen molar-refractivity contribution >= 4 is 28.0 Å². The Morgan fingerprint density at radius 3 is 2.54 bits per heavy atom. The first-order chi connectivity index (χ1) is 12.8. The molecule has 1 fully saturated rings. The molecule has 0 unspecified atom stereocenters. The lowest BCUT2D eigenvalue weighted by molar-refractivity contribution is 0.360. The van der Waals surface area contributed by atoms with Gasteiger partial charge in [-0.25, -0.2) is 14.5 Å². The highest BCUT2D eigenvalue weighted by Crippen LogP contribution is 2.27. The van der Waals surface area contributed by atoms with Crippen LogP contribution in [0.15, 0.2) is 48.5 Å². The summed E-state index contributed by atoms with van der Waals surface area (Å²) in [5.41, 5.74) is 4.10. The maximum Gasteiger partial charge on any atom is 0.215 e. The van der Waals surface area contributed by atoms with E-state index in [1.54, 1.807) is 0 Å². The largest absolute Gasteiger partial charge is 0.341 e. The third kappa shape index (κ3) is 2.54. The fourth-order valence-electron chi connectivity index (χ4n) is 3.73. The van der Waals surface area contributed by atoms with Crippen LogP contribution in [-0.4, -0.2) is 57.6 Å². The van der Waals surface area contributed by atoms with Crippen molar-refractivity contribution in [1.29, 1.82) is 0 Å². The van der Waals surface area contributed by atoms with E-state index in [1.807, 2.05) is 24.3 Å². The average molecular weight is 346 g/mol. The van der Waals surface area contributed by atoms with Crippen LogP contribution in [0.5, 0.6) is 0 Å². The van der Waals surface area contributed by atoms with E-state index in [9.17, 15) is 0 Å². The number of rotatable bonds is 2. The summed E-state index contributed by atoms with van der Waals surface area (Å²) in [7, 11) is 2.19. The summed E-state index contributed by atoms with van der Waals surface area (Å²) in [6.45, 7) is 4.15. The van der Waals surface area contributed by atoms with E-state index >= 15 is 0 Å². The van der Waals surface area contributed by atoms with E-state index in [4.69, 9.17) is 9.97 Å². The second kappa shape index (κ2) is 6.14. The van der Waals surface area contributed by atoms with Crippen LogP contribution < -0.4 is 4.90 Å². The number of benzene rings is 2. The van der Waals surface area contributed by atoms with Crippen molar-refractivity contribution in [3.8, 4) is 5.95 Å².